The normalized spacial score (nSPS) is 45.3. The molecule has 2 heterocycles. The Bertz CT molecular complexity index is 1420. The number of amides is 1. The largest absolute Gasteiger partial charge is 0.481 e. The zero-order valence-electron chi connectivity index (χ0n) is 34.6. The van der Waals surface area contributed by atoms with E-state index in [-0.39, 0.29) is 34.2 Å². The molecule has 8 aliphatic rings. The van der Waals surface area contributed by atoms with Crippen LogP contribution in [0.1, 0.15) is 151 Å². The molecular weight excluding hydrogens is 661 g/mol. The molecule has 2 aliphatic heterocycles. The highest BCUT2D eigenvalue weighted by molar-refractivity contribution is 5.84. The second kappa shape index (κ2) is 14.2. The first-order valence-electron chi connectivity index (χ1n) is 22.1. The second-order valence-electron chi connectivity index (χ2n) is 21.2. The maximum atomic E-state index is 14.8. The topological polar surface area (TPSA) is 87.1 Å². The molecule has 298 valence electrons. The van der Waals surface area contributed by atoms with Crippen LogP contribution in [0.5, 0.6) is 0 Å². The highest BCUT2D eigenvalue weighted by Gasteiger charge is 2.68. The van der Waals surface area contributed by atoms with Crippen LogP contribution in [0.3, 0.4) is 0 Å². The number of carboxylic acid groups (broad SMARTS) is 1. The first-order chi connectivity index (χ1) is 25.1. The standard InChI is InChI=1S/C43H68N2O5.C3H6/c1-39(2)31(36(46)47)25-32(39)37(48)50-35-17-20-42(6)33(40(35,3)4)16-19-41(5)29-15-21-43(18-9-12-30(43)28(29)13-14-34(41)42)38(49)45-24-10-11-27(45)26-44-22-7-8-23-44;1-3-2/h27-35H,7-26H2,1-6H3,(H,46,47);3H,1H2,2H3. The van der Waals surface area contributed by atoms with Gasteiger partial charge in [-0.2, -0.15) is 0 Å². The summed E-state index contributed by atoms with van der Waals surface area (Å²) >= 11 is 0. The van der Waals surface area contributed by atoms with Crippen molar-refractivity contribution in [2.24, 2.45) is 68.5 Å². The third-order valence-electron chi connectivity index (χ3n) is 18.3. The summed E-state index contributed by atoms with van der Waals surface area (Å²) in [6.45, 7) is 23.6. The Labute approximate surface area is 321 Å². The third kappa shape index (κ3) is 6.17. The molecule has 0 spiro atoms. The number of rotatable bonds is 6. The van der Waals surface area contributed by atoms with Crippen LogP contribution in [0, 0.1) is 68.5 Å². The Morgan fingerprint density at radius 3 is 2.11 bits per heavy atom. The van der Waals surface area contributed by atoms with Crippen molar-refractivity contribution in [2.75, 3.05) is 26.2 Å². The van der Waals surface area contributed by atoms with Gasteiger partial charge < -0.3 is 19.6 Å². The minimum Gasteiger partial charge on any atom is -0.481 e. The molecule has 0 bridgehead atoms. The average Bonchev–Trinajstić information content (AvgIpc) is 3.87. The molecule has 6 saturated carbocycles. The summed E-state index contributed by atoms with van der Waals surface area (Å²) in [5.41, 5.74) is -0.274. The average molecular weight is 735 g/mol. The van der Waals surface area contributed by atoms with E-state index in [1.807, 2.05) is 20.8 Å². The van der Waals surface area contributed by atoms with E-state index in [2.05, 4.69) is 44.1 Å². The number of carbonyl (C=O) groups excluding carboxylic acids is 2. The van der Waals surface area contributed by atoms with Gasteiger partial charge in [-0.05, 0) is 162 Å². The van der Waals surface area contributed by atoms with Gasteiger partial charge in [0.1, 0.15) is 6.10 Å². The molecule has 6 aliphatic carbocycles. The Morgan fingerprint density at radius 2 is 1.43 bits per heavy atom. The van der Waals surface area contributed by atoms with Gasteiger partial charge in [0.2, 0.25) is 5.91 Å². The molecule has 1 amide bonds. The van der Waals surface area contributed by atoms with E-state index in [4.69, 9.17) is 4.74 Å². The lowest BCUT2D eigenvalue weighted by molar-refractivity contribution is -0.226. The van der Waals surface area contributed by atoms with Gasteiger partial charge in [0, 0.05) is 24.5 Å². The molecule has 0 aromatic carbocycles. The molecule has 2 saturated heterocycles. The third-order valence-corrected chi connectivity index (χ3v) is 18.3. The highest BCUT2D eigenvalue weighted by Crippen LogP contribution is 2.73. The molecule has 8 fully saturated rings. The quantitative estimate of drug-likeness (QED) is 0.216. The van der Waals surface area contributed by atoms with Gasteiger partial charge in [-0.3, -0.25) is 14.4 Å². The van der Waals surface area contributed by atoms with E-state index in [0.29, 0.717) is 53.4 Å². The van der Waals surface area contributed by atoms with E-state index < -0.39 is 17.3 Å². The smallest absolute Gasteiger partial charge is 0.309 e. The zero-order valence-corrected chi connectivity index (χ0v) is 34.6. The van der Waals surface area contributed by atoms with E-state index in [1.165, 1.54) is 83.7 Å². The van der Waals surface area contributed by atoms with Crippen molar-refractivity contribution in [1.29, 1.82) is 0 Å². The van der Waals surface area contributed by atoms with Crippen LogP contribution < -0.4 is 0 Å². The Kier molecular flexibility index (Phi) is 10.6. The van der Waals surface area contributed by atoms with Crippen molar-refractivity contribution < 1.29 is 24.2 Å². The summed E-state index contributed by atoms with van der Waals surface area (Å²) in [5, 5.41) is 9.63. The van der Waals surface area contributed by atoms with E-state index >= 15 is 0 Å². The monoisotopic (exact) mass is 735 g/mol. The fourth-order valence-electron chi connectivity index (χ4n) is 15.6. The van der Waals surface area contributed by atoms with Gasteiger partial charge >= 0.3 is 11.9 Å². The fraction of sp³-hybridized carbons (Fsp3) is 0.891. The number of hydrogen-bond donors (Lipinski definition) is 1. The lowest BCUT2D eigenvalue weighted by Crippen LogP contribution is -2.64. The van der Waals surface area contributed by atoms with Gasteiger partial charge in [-0.15, -0.1) is 6.58 Å². The fourth-order valence-corrected chi connectivity index (χ4v) is 15.6. The Balaban J connectivity index is 0.00000140. The van der Waals surface area contributed by atoms with Crippen molar-refractivity contribution in [1.82, 2.24) is 9.80 Å². The summed E-state index contributed by atoms with van der Waals surface area (Å²) in [7, 11) is 0. The zero-order chi connectivity index (χ0) is 38.1. The van der Waals surface area contributed by atoms with Crippen LogP contribution in [-0.2, 0) is 19.1 Å². The molecule has 1 N–H and O–H groups in total. The Morgan fingerprint density at radius 1 is 0.736 bits per heavy atom. The SMILES string of the molecule is C=CC.CC1(C)C(C(=O)O)CC1C(=O)OC1CCC2(C)C(CCC3(C)C4CCC5(C(=O)N6CCCC6CN6CCCC6)CCCC5C4CCC32)C1(C)C. The van der Waals surface area contributed by atoms with Crippen LogP contribution >= 0.6 is 0 Å². The van der Waals surface area contributed by atoms with Gasteiger partial charge in [-0.1, -0.05) is 54.0 Å². The van der Waals surface area contributed by atoms with Gasteiger partial charge in [0.05, 0.1) is 17.3 Å². The maximum Gasteiger partial charge on any atom is 0.309 e. The number of nitrogens with zero attached hydrogens (tertiary/aromatic N) is 2. The summed E-state index contributed by atoms with van der Waals surface area (Å²) in [6.07, 6.45) is 20.0. The number of ether oxygens (including phenoxy) is 1. The number of fused-ring (bicyclic) bond motifs is 7. The molecular formula is C46H74N2O5. The molecule has 53 heavy (non-hydrogen) atoms. The van der Waals surface area contributed by atoms with Crippen molar-refractivity contribution >= 4 is 17.8 Å². The van der Waals surface area contributed by atoms with Crippen LogP contribution in [0.4, 0.5) is 0 Å². The number of carbonyl (C=O) groups is 3. The molecule has 12 unspecified atom stereocenters. The molecule has 0 aromatic rings. The predicted octanol–water partition coefficient (Wildman–Crippen LogP) is 9.39. The lowest BCUT2D eigenvalue weighted by atomic mass is 9.36. The van der Waals surface area contributed by atoms with Gasteiger partial charge in [-0.25, -0.2) is 0 Å². The first-order valence-corrected chi connectivity index (χ1v) is 22.1. The minimum absolute atomic E-state index is 0.109. The van der Waals surface area contributed by atoms with Crippen LogP contribution in [0.2, 0.25) is 0 Å². The second-order valence-corrected chi connectivity index (χ2v) is 21.2. The van der Waals surface area contributed by atoms with E-state index in [1.54, 1.807) is 6.08 Å². The summed E-state index contributed by atoms with van der Waals surface area (Å²) < 4.78 is 6.41. The van der Waals surface area contributed by atoms with Gasteiger partial charge in [0.25, 0.3) is 0 Å². The molecule has 7 nitrogen and oxygen atoms in total. The van der Waals surface area contributed by atoms with Crippen molar-refractivity contribution in [3.63, 3.8) is 0 Å². The Hall–Kier alpha value is -1.89. The van der Waals surface area contributed by atoms with Crippen molar-refractivity contribution in [3.05, 3.63) is 12.7 Å². The first kappa shape index (κ1) is 39.3. The summed E-state index contributed by atoms with van der Waals surface area (Å²) in [4.78, 5) is 45.1. The number of aliphatic carboxylic acids is 1. The highest BCUT2D eigenvalue weighted by atomic mass is 16.5. The van der Waals surface area contributed by atoms with Gasteiger partial charge in [0.15, 0.2) is 0 Å². The molecule has 0 aromatic heterocycles. The molecule has 8 rings (SSSR count). The predicted molar refractivity (Wildman–Crippen MR) is 210 cm³/mol. The molecule has 0 radical (unpaired) electrons. The number of esters is 1. The summed E-state index contributed by atoms with van der Waals surface area (Å²) in [5.74, 6) is 1.89. The number of allylic oxidation sites excluding steroid dienone is 1. The van der Waals surface area contributed by atoms with Crippen molar-refractivity contribution in [3.8, 4) is 0 Å². The number of hydrogen-bond acceptors (Lipinski definition) is 5. The van der Waals surface area contributed by atoms with Crippen LogP contribution in [0.15, 0.2) is 12.7 Å². The van der Waals surface area contributed by atoms with E-state index in [0.717, 1.165) is 38.8 Å². The van der Waals surface area contributed by atoms with Crippen LogP contribution in [0.25, 0.3) is 0 Å². The minimum atomic E-state index is -0.802. The number of carboxylic acids is 1. The van der Waals surface area contributed by atoms with Crippen LogP contribution in [-0.4, -0.2) is 71.1 Å². The number of likely N-dealkylation sites (tertiary alicyclic amines) is 2. The summed E-state index contributed by atoms with van der Waals surface area (Å²) in [6, 6.07) is 0.428. The lowest BCUT2D eigenvalue weighted by Gasteiger charge is -2.69. The molecule has 7 heteroatoms. The van der Waals surface area contributed by atoms with Crippen molar-refractivity contribution in [2.45, 2.75) is 163 Å². The van der Waals surface area contributed by atoms with E-state index in [9.17, 15) is 19.5 Å². The molecule has 12 atom stereocenters. The maximum absolute atomic E-state index is 14.8.